The normalized spacial score (nSPS) is 25.0. The molecule has 1 aliphatic heterocycles. The molecule has 0 aromatic carbocycles. The van der Waals surface area contributed by atoms with Gasteiger partial charge >= 0.3 is 0 Å². The van der Waals surface area contributed by atoms with Crippen LogP contribution in [0.15, 0.2) is 22.8 Å². The number of hydrogen-bond acceptors (Lipinski definition) is 4. The molecule has 1 fully saturated rings. The molecule has 126 valence electrons. The number of oxazole rings is 1. The summed E-state index contributed by atoms with van der Waals surface area (Å²) < 4.78 is 5.69. The summed E-state index contributed by atoms with van der Waals surface area (Å²) in [4.78, 5) is 20.9. The highest BCUT2D eigenvalue weighted by Gasteiger charge is 2.33. The Morgan fingerprint density at radius 2 is 2.35 bits per heavy atom. The van der Waals surface area contributed by atoms with Gasteiger partial charge in [0.25, 0.3) is 0 Å². The topological polar surface area (TPSA) is 49.6 Å². The average Bonchev–Trinajstić information content (AvgIpc) is 3.22. The molecular formula is C18H27N3O2. The van der Waals surface area contributed by atoms with Crippen LogP contribution < -0.4 is 0 Å². The van der Waals surface area contributed by atoms with Crippen LogP contribution in [-0.2, 0) is 17.8 Å². The number of amides is 1. The van der Waals surface area contributed by atoms with Crippen LogP contribution in [0, 0.1) is 0 Å². The summed E-state index contributed by atoms with van der Waals surface area (Å²) in [5.74, 6) is 1.63. The van der Waals surface area contributed by atoms with Crippen LogP contribution in [0.5, 0.6) is 0 Å². The second-order valence-electron chi connectivity index (χ2n) is 6.58. The number of nitrogens with zero attached hydrogens (tertiary/aromatic N) is 3. The Labute approximate surface area is 138 Å². The van der Waals surface area contributed by atoms with E-state index in [2.05, 4.69) is 22.0 Å². The summed E-state index contributed by atoms with van der Waals surface area (Å²) in [5.41, 5.74) is 0. The van der Waals surface area contributed by atoms with Crippen molar-refractivity contribution >= 4 is 5.91 Å². The number of aromatic nitrogens is 1. The average molecular weight is 317 g/mol. The summed E-state index contributed by atoms with van der Waals surface area (Å²) in [5, 5.41) is 0. The first-order valence-corrected chi connectivity index (χ1v) is 8.79. The number of rotatable bonds is 5. The second-order valence-corrected chi connectivity index (χ2v) is 6.58. The maximum Gasteiger partial charge on any atom is 0.220 e. The Balaban J connectivity index is 1.63. The minimum Gasteiger partial charge on any atom is -0.444 e. The number of carbonyl (C=O) groups excluding carboxylic acids is 1. The van der Waals surface area contributed by atoms with Gasteiger partial charge in [0.15, 0.2) is 0 Å². The third-order valence-electron chi connectivity index (χ3n) is 4.99. The molecule has 5 heteroatoms. The molecule has 0 unspecified atom stereocenters. The lowest BCUT2D eigenvalue weighted by atomic mass is 10.0. The van der Waals surface area contributed by atoms with Gasteiger partial charge in [0.05, 0.1) is 12.7 Å². The summed E-state index contributed by atoms with van der Waals surface area (Å²) >= 11 is 0. The SMILES string of the molecule is CCc1cnc(CN(C(C)=O)[C@H]2CCN([C@@H]3C=CCCC3)C2)o1. The summed E-state index contributed by atoms with van der Waals surface area (Å²) in [6.07, 6.45) is 12.0. The van der Waals surface area contributed by atoms with Crippen LogP contribution in [0.4, 0.5) is 0 Å². The van der Waals surface area contributed by atoms with E-state index in [0.717, 1.165) is 31.7 Å². The van der Waals surface area contributed by atoms with Crippen LogP contribution in [0.25, 0.3) is 0 Å². The largest absolute Gasteiger partial charge is 0.444 e. The van der Waals surface area contributed by atoms with Crippen LogP contribution in [-0.4, -0.2) is 45.9 Å². The lowest BCUT2D eigenvalue weighted by Gasteiger charge is -2.30. The van der Waals surface area contributed by atoms with Crippen molar-refractivity contribution < 1.29 is 9.21 Å². The van der Waals surface area contributed by atoms with E-state index in [1.165, 1.54) is 19.3 Å². The van der Waals surface area contributed by atoms with Gasteiger partial charge in [-0.3, -0.25) is 9.69 Å². The lowest BCUT2D eigenvalue weighted by Crippen LogP contribution is -2.42. The minimum atomic E-state index is 0.104. The van der Waals surface area contributed by atoms with Gasteiger partial charge in [-0.2, -0.15) is 0 Å². The molecule has 1 amide bonds. The van der Waals surface area contributed by atoms with Crippen LogP contribution in [0.3, 0.4) is 0 Å². The molecule has 23 heavy (non-hydrogen) atoms. The van der Waals surface area contributed by atoms with E-state index in [4.69, 9.17) is 4.42 Å². The molecule has 2 atom stereocenters. The van der Waals surface area contributed by atoms with E-state index in [1.54, 1.807) is 13.1 Å². The van der Waals surface area contributed by atoms with E-state index in [-0.39, 0.29) is 11.9 Å². The number of aryl methyl sites for hydroxylation is 1. The summed E-state index contributed by atoms with van der Waals surface area (Å²) in [6.45, 7) is 6.19. The first-order valence-electron chi connectivity index (χ1n) is 8.79. The first kappa shape index (κ1) is 16.2. The fourth-order valence-corrected chi connectivity index (χ4v) is 3.65. The smallest absolute Gasteiger partial charge is 0.220 e. The third kappa shape index (κ3) is 3.83. The predicted octanol–water partition coefficient (Wildman–Crippen LogP) is 2.77. The predicted molar refractivity (Wildman–Crippen MR) is 88.9 cm³/mol. The second kappa shape index (κ2) is 7.30. The first-order chi connectivity index (χ1) is 11.2. The van der Waals surface area contributed by atoms with Gasteiger partial charge in [-0.25, -0.2) is 4.98 Å². The standard InChI is InChI=1S/C18H27N3O2/c1-3-17-11-19-18(23-17)13-21(14(2)22)16-9-10-20(12-16)15-7-5-4-6-8-15/h5,7,11,15-16H,3-4,6,8-10,12-13H2,1-2H3/t15-,16+/m1/s1. The zero-order valence-electron chi connectivity index (χ0n) is 14.2. The number of carbonyl (C=O) groups is 1. The van der Waals surface area contributed by atoms with Crippen molar-refractivity contribution in [2.45, 2.75) is 64.6 Å². The number of likely N-dealkylation sites (tertiary alicyclic amines) is 1. The monoisotopic (exact) mass is 317 g/mol. The van der Waals surface area contributed by atoms with Crippen molar-refractivity contribution in [2.24, 2.45) is 0 Å². The van der Waals surface area contributed by atoms with Gasteiger partial charge in [-0.05, 0) is 25.7 Å². The fraction of sp³-hybridized carbons (Fsp3) is 0.667. The fourth-order valence-electron chi connectivity index (χ4n) is 3.65. The van der Waals surface area contributed by atoms with E-state index < -0.39 is 0 Å². The molecule has 1 aromatic heterocycles. The zero-order valence-corrected chi connectivity index (χ0v) is 14.2. The molecule has 3 rings (SSSR count). The van der Waals surface area contributed by atoms with E-state index in [1.807, 2.05) is 11.8 Å². The van der Waals surface area contributed by atoms with Crippen molar-refractivity contribution in [2.75, 3.05) is 13.1 Å². The highest BCUT2D eigenvalue weighted by molar-refractivity contribution is 5.73. The summed E-state index contributed by atoms with van der Waals surface area (Å²) in [6, 6.07) is 0.816. The van der Waals surface area contributed by atoms with Gasteiger partial charge < -0.3 is 9.32 Å². The highest BCUT2D eigenvalue weighted by atomic mass is 16.4. The Bertz CT molecular complexity index is 566. The van der Waals surface area contributed by atoms with E-state index >= 15 is 0 Å². The van der Waals surface area contributed by atoms with Crippen molar-refractivity contribution in [1.29, 1.82) is 0 Å². The lowest BCUT2D eigenvalue weighted by molar-refractivity contribution is -0.132. The molecule has 0 bridgehead atoms. The van der Waals surface area contributed by atoms with Crippen LogP contribution in [0.2, 0.25) is 0 Å². The Morgan fingerprint density at radius 1 is 1.48 bits per heavy atom. The molecule has 0 spiro atoms. The zero-order chi connectivity index (χ0) is 16.2. The molecule has 0 radical (unpaired) electrons. The summed E-state index contributed by atoms with van der Waals surface area (Å²) in [7, 11) is 0. The van der Waals surface area contributed by atoms with Gasteiger partial charge in [-0.15, -0.1) is 0 Å². The van der Waals surface area contributed by atoms with Gasteiger partial charge in [0.2, 0.25) is 11.8 Å². The van der Waals surface area contributed by atoms with Crippen molar-refractivity contribution in [3.8, 4) is 0 Å². The maximum absolute atomic E-state index is 12.1. The van der Waals surface area contributed by atoms with E-state index in [0.29, 0.717) is 18.5 Å². The number of hydrogen-bond donors (Lipinski definition) is 0. The molecule has 0 N–H and O–H groups in total. The molecule has 1 aliphatic carbocycles. The third-order valence-corrected chi connectivity index (χ3v) is 4.99. The molecular weight excluding hydrogens is 290 g/mol. The van der Waals surface area contributed by atoms with Gasteiger partial charge in [0, 0.05) is 38.5 Å². The van der Waals surface area contributed by atoms with Crippen LogP contribution in [0.1, 0.15) is 51.2 Å². The Morgan fingerprint density at radius 3 is 3.00 bits per heavy atom. The Hall–Kier alpha value is -1.62. The molecule has 5 nitrogen and oxygen atoms in total. The molecule has 1 saturated heterocycles. The molecule has 1 aromatic rings. The van der Waals surface area contributed by atoms with Gasteiger partial charge in [0.1, 0.15) is 5.76 Å². The quantitative estimate of drug-likeness (QED) is 0.784. The van der Waals surface area contributed by atoms with Crippen molar-refractivity contribution in [3.05, 3.63) is 30.0 Å². The molecule has 2 aliphatic rings. The highest BCUT2D eigenvalue weighted by Crippen LogP contribution is 2.24. The van der Waals surface area contributed by atoms with Crippen molar-refractivity contribution in [3.63, 3.8) is 0 Å². The maximum atomic E-state index is 12.1. The van der Waals surface area contributed by atoms with E-state index in [9.17, 15) is 4.79 Å². The minimum absolute atomic E-state index is 0.104. The number of allylic oxidation sites excluding steroid dienone is 1. The molecule has 2 heterocycles. The Kier molecular flexibility index (Phi) is 5.16. The van der Waals surface area contributed by atoms with Gasteiger partial charge in [-0.1, -0.05) is 19.1 Å². The molecule has 0 saturated carbocycles. The van der Waals surface area contributed by atoms with Crippen LogP contribution >= 0.6 is 0 Å². The van der Waals surface area contributed by atoms with Crippen molar-refractivity contribution in [1.82, 2.24) is 14.8 Å².